The van der Waals surface area contributed by atoms with Gasteiger partial charge in [0.1, 0.15) is 0 Å². The zero-order chi connectivity index (χ0) is 16.2. The summed E-state index contributed by atoms with van der Waals surface area (Å²) in [4.78, 5) is 18.9. The second kappa shape index (κ2) is 6.92. The number of benzene rings is 1. The van der Waals surface area contributed by atoms with Crippen LogP contribution in [0.25, 0.3) is 0 Å². The zero-order valence-electron chi connectivity index (χ0n) is 13.4. The highest BCUT2D eigenvalue weighted by atomic mass is 16.3. The Bertz CT molecular complexity index is 672. The number of carbonyl (C=O) groups excluding carboxylic acids is 1. The van der Waals surface area contributed by atoms with E-state index in [2.05, 4.69) is 4.98 Å². The van der Waals surface area contributed by atoms with Gasteiger partial charge in [-0.15, -0.1) is 0 Å². The number of pyridine rings is 1. The van der Waals surface area contributed by atoms with E-state index in [1.54, 1.807) is 12.3 Å². The largest absolute Gasteiger partial charge is 0.388 e. The van der Waals surface area contributed by atoms with Crippen molar-refractivity contribution in [1.82, 2.24) is 9.88 Å². The summed E-state index contributed by atoms with van der Waals surface area (Å²) in [5.41, 5.74) is 2.32. The van der Waals surface area contributed by atoms with Crippen molar-refractivity contribution >= 4 is 5.91 Å². The Morgan fingerprint density at radius 2 is 2.09 bits per heavy atom. The average molecular weight is 310 g/mol. The molecule has 1 amide bonds. The maximum atomic E-state index is 12.8. The molecule has 23 heavy (non-hydrogen) atoms. The molecular formula is C19H22N2O2. The van der Waals surface area contributed by atoms with Gasteiger partial charge in [-0.05, 0) is 43.9 Å². The summed E-state index contributed by atoms with van der Waals surface area (Å²) in [6.07, 6.45) is 3.66. The monoisotopic (exact) mass is 310 g/mol. The molecule has 1 N–H and O–H groups in total. The smallest absolute Gasteiger partial charge is 0.255 e. The van der Waals surface area contributed by atoms with E-state index >= 15 is 0 Å². The van der Waals surface area contributed by atoms with Crippen LogP contribution >= 0.6 is 0 Å². The third kappa shape index (κ3) is 3.42. The highest BCUT2D eigenvalue weighted by Gasteiger charge is 2.31. The Balaban J connectivity index is 1.73. The lowest BCUT2D eigenvalue weighted by Crippen LogP contribution is -2.37. The molecule has 0 saturated carbocycles. The van der Waals surface area contributed by atoms with E-state index in [1.165, 1.54) is 0 Å². The molecule has 0 spiro atoms. The van der Waals surface area contributed by atoms with E-state index in [4.69, 9.17) is 0 Å². The molecule has 4 nitrogen and oxygen atoms in total. The summed E-state index contributed by atoms with van der Waals surface area (Å²) in [5, 5.41) is 10.5. The van der Waals surface area contributed by atoms with Crippen LogP contribution in [-0.4, -0.2) is 33.5 Å². The summed E-state index contributed by atoms with van der Waals surface area (Å²) in [6.45, 7) is 2.61. The fourth-order valence-electron chi connectivity index (χ4n) is 3.28. The van der Waals surface area contributed by atoms with Crippen molar-refractivity contribution in [1.29, 1.82) is 0 Å². The van der Waals surface area contributed by atoms with Gasteiger partial charge >= 0.3 is 0 Å². The van der Waals surface area contributed by atoms with Crippen molar-refractivity contribution in [3.63, 3.8) is 0 Å². The number of rotatable bonds is 4. The van der Waals surface area contributed by atoms with Gasteiger partial charge in [-0.2, -0.15) is 0 Å². The average Bonchev–Trinajstić information content (AvgIpc) is 3.03. The van der Waals surface area contributed by atoms with Gasteiger partial charge in [-0.3, -0.25) is 9.78 Å². The van der Waals surface area contributed by atoms with Crippen LogP contribution in [0.5, 0.6) is 0 Å². The van der Waals surface area contributed by atoms with Crippen molar-refractivity contribution in [2.75, 3.05) is 6.54 Å². The first-order chi connectivity index (χ1) is 11.2. The van der Waals surface area contributed by atoms with Gasteiger partial charge < -0.3 is 10.0 Å². The van der Waals surface area contributed by atoms with Gasteiger partial charge in [0.2, 0.25) is 0 Å². The summed E-state index contributed by atoms with van der Waals surface area (Å²) in [6, 6.07) is 13.3. The summed E-state index contributed by atoms with van der Waals surface area (Å²) >= 11 is 0. The first-order valence-electron chi connectivity index (χ1n) is 8.12. The van der Waals surface area contributed by atoms with Crippen molar-refractivity contribution in [2.24, 2.45) is 0 Å². The van der Waals surface area contributed by atoms with Crippen LogP contribution in [0.2, 0.25) is 0 Å². The number of carbonyl (C=O) groups is 1. The van der Waals surface area contributed by atoms with Gasteiger partial charge in [0.25, 0.3) is 5.91 Å². The molecule has 1 fully saturated rings. The predicted octanol–water partition coefficient (Wildman–Crippen LogP) is 3.12. The molecule has 0 bridgehead atoms. The standard InChI is InChI=1S/C19H22N2O2/c1-14-17(10-5-11-20-14)19(23)21-12-6-9-16(21)13-18(22)15-7-3-2-4-8-15/h2-5,7-8,10-11,16,18,22H,6,9,12-13H2,1H3. The Hall–Kier alpha value is -2.20. The number of amides is 1. The van der Waals surface area contributed by atoms with E-state index in [-0.39, 0.29) is 11.9 Å². The Morgan fingerprint density at radius 1 is 1.30 bits per heavy atom. The summed E-state index contributed by atoms with van der Waals surface area (Å²) < 4.78 is 0. The molecule has 0 aliphatic carbocycles. The van der Waals surface area contributed by atoms with E-state index in [9.17, 15) is 9.90 Å². The Morgan fingerprint density at radius 3 is 2.83 bits per heavy atom. The van der Waals surface area contributed by atoms with Gasteiger partial charge in [0, 0.05) is 24.5 Å². The Kier molecular flexibility index (Phi) is 4.72. The minimum absolute atomic E-state index is 0.0263. The third-order valence-corrected chi connectivity index (χ3v) is 4.56. The lowest BCUT2D eigenvalue weighted by molar-refractivity contribution is 0.0666. The van der Waals surface area contributed by atoms with Gasteiger partial charge in [0.05, 0.1) is 11.7 Å². The number of aliphatic hydroxyl groups excluding tert-OH is 1. The molecule has 1 aromatic heterocycles. The second-order valence-corrected chi connectivity index (χ2v) is 6.09. The molecule has 1 aliphatic rings. The number of hydrogen-bond acceptors (Lipinski definition) is 3. The summed E-state index contributed by atoms with van der Waals surface area (Å²) in [5.74, 6) is 0.0263. The van der Waals surface area contributed by atoms with Crippen LogP contribution < -0.4 is 0 Å². The molecular weight excluding hydrogens is 288 g/mol. The van der Waals surface area contributed by atoms with Crippen LogP contribution in [0.15, 0.2) is 48.7 Å². The van der Waals surface area contributed by atoms with E-state index < -0.39 is 6.10 Å². The topological polar surface area (TPSA) is 53.4 Å². The SMILES string of the molecule is Cc1ncccc1C(=O)N1CCCC1CC(O)c1ccccc1. The van der Waals surface area contributed by atoms with Crippen molar-refractivity contribution in [3.05, 3.63) is 65.5 Å². The first-order valence-corrected chi connectivity index (χ1v) is 8.12. The number of hydrogen-bond donors (Lipinski definition) is 1. The second-order valence-electron chi connectivity index (χ2n) is 6.09. The van der Waals surface area contributed by atoms with Crippen LogP contribution in [0, 0.1) is 6.92 Å². The molecule has 3 rings (SSSR count). The van der Waals surface area contributed by atoms with Crippen LogP contribution in [0.4, 0.5) is 0 Å². The first kappa shape index (κ1) is 15.7. The molecule has 1 aliphatic heterocycles. The van der Waals surface area contributed by atoms with Crippen LogP contribution in [0.1, 0.15) is 47.0 Å². The van der Waals surface area contributed by atoms with Crippen LogP contribution in [-0.2, 0) is 0 Å². The maximum absolute atomic E-state index is 12.8. The normalized spacial score (nSPS) is 18.9. The van der Waals surface area contributed by atoms with E-state index in [1.807, 2.05) is 48.2 Å². The third-order valence-electron chi connectivity index (χ3n) is 4.56. The highest BCUT2D eigenvalue weighted by molar-refractivity contribution is 5.95. The molecule has 120 valence electrons. The number of aryl methyl sites for hydroxylation is 1. The molecule has 2 aromatic rings. The molecule has 1 aromatic carbocycles. The van der Waals surface area contributed by atoms with Gasteiger partial charge in [0.15, 0.2) is 0 Å². The predicted molar refractivity (Wildman–Crippen MR) is 89.1 cm³/mol. The lowest BCUT2D eigenvalue weighted by atomic mass is 10.00. The minimum atomic E-state index is -0.537. The number of aliphatic hydroxyl groups is 1. The molecule has 1 saturated heterocycles. The molecule has 2 unspecified atom stereocenters. The maximum Gasteiger partial charge on any atom is 0.255 e. The van der Waals surface area contributed by atoms with Crippen molar-refractivity contribution < 1.29 is 9.90 Å². The zero-order valence-corrected chi connectivity index (χ0v) is 13.4. The minimum Gasteiger partial charge on any atom is -0.388 e. The van der Waals surface area contributed by atoms with E-state index in [0.29, 0.717) is 12.0 Å². The van der Waals surface area contributed by atoms with Gasteiger partial charge in [-0.25, -0.2) is 0 Å². The molecule has 2 heterocycles. The van der Waals surface area contributed by atoms with Crippen LogP contribution in [0.3, 0.4) is 0 Å². The lowest BCUT2D eigenvalue weighted by Gasteiger charge is -2.27. The quantitative estimate of drug-likeness (QED) is 0.944. The molecule has 0 radical (unpaired) electrons. The number of aromatic nitrogens is 1. The molecule has 4 heteroatoms. The fourth-order valence-corrected chi connectivity index (χ4v) is 3.28. The fraction of sp³-hybridized carbons (Fsp3) is 0.368. The Labute approximate surface area is 136 Å². The highest BCUT2D eigenvalue weighted by Crippen LogP contribution is 2.28. The van der Waals surface area contributed by atoms with Crippen molar-refractivity contribution in [2.45, 2.75) is 38.3 Å². The molecule has 2 atom stereocenters. The van der Waals surface area contributed by atoms with Gasteiger partial charge in [-0.1, -0.05) is 30.3 Å². The number of nitrogens with zero attached hydrogens (tertiary/aromatic N) is 2. The van der Waals surface area contributed by atoms with E-state index in [0.717, 1.165) is 30.6 Å². The summed E-state index contributed by atoms with van der Waals surface area (Å²) in [7, 11) is 0. The number of likely N-dealkylation sites (tertiary alicyclic amines) is 1. The van der Waals surface area contributed by atoms with Crippen molar-refractivity contribution in [3.8, 4) is 0 Å².